The van der Waals surface area contributed by atoms with E-state index < -0.39 is 0 Å². The molecule has 0 amide bonds. The first-order valence-electron chi connectivity index (χ1n) is 14.6. The summed E-state index contributed by atoms with van der Waals surface area (Å²) in [7, 11) is 0. The van der Waals surface area contributed by atoms with E-state index in [1.54, 1.807) is 23.7 Å². The van der Waals surface area contributed by atoms with Gasteiger partial charge in [-0.2, -0.15) is 0 Å². The van der Waals surface area contributed by atoms with Crippen molar-refractivity contribution in [2.24, 2.45) is 0 Å². The Balaban J connectivity index is 1.07. The van der Waals surface area contributed by atoms with Crippen LogP contribution in [0.25, 0.3) is 98.1 Å². The fraction of sp³-hybridized carbons (Fsp3) is 0. The first kappa shape index (κ1) is 24.5. The maximum absolute atomic E-state index is 5.95. The maximum Gasteiger partial charge on any atom is 0.227 e. The fourth-order valence-corrected chi connectivity index (χ4v) is 7.38. The van der Waals surface area contributed by atoms with Crippen molar-refractivity contribution < 1.29 is 8.83 Å². The van der Waals surface area contributed by atoms with Crippen LogP contribution in [0.2, 0.25) is 0 Å². The molecule has 4 aromatic carbocycles. The van der Waals surface area contributed by atoms with Gasteiger partial charge in [-0.25, -0.2) is 19.9 Å². The quantitative estimate of drug-likeness (QED) is 0.202. The lowest BCUT2D eigenvalue weighted by Crippen LogP contribution is -1.91. The van der Waals surface area contributed by atoms with E-state index in [0.29, 0.717) is 17.3 Å². The zero-order chi connectivity index (χ0) is 29.5. The number of nitrogens with zero attached hydrogens (tertiary/aromatic N) is 4. The van der Waals surface area contributed by atoms with Crippen LogP contribution >= 0.6 is 11.3 Å². The fourth-order valence-electron chi connectivity index (χ4n) is 6.31. The largest absolute Gasteiger partial charge is 0.438 e. The van der Waals surface area contributed by atoms with Gasteiger partial charge in [-0.3, -0.25) is 0 Å². The molecule has 0 fully saturated rings. The minimum absolute atomic E-state index is 0.639. The number of rotatable bonds is 3. The van der Waals surface area contributed by atoms with Gasteiger partial charge in [0.1, 0.15) is 11.2 Å². The number of hydrogen-bond donors (Lipinski definition) is 0. The summed E-state index contributed by atoms with van der Waals surface area (Å²) >= 11 is 1.80. The lowest BCUT2D eigenvalue weighted by molar-refractivity contribution is 0.653. The number of aromatic nitrogens is 4. The van der Waals surface area contributed by atoms with Gasteiger partial charge in [-0.1, -0.05) is 12.1 Å². The first-order valence-corrected chi connectivity index (χ1v) is 15.4. The van der Waals surface area contributed by atoms with Gasteiger partial charge in [0.2, 0.25) is 11.4 Å². The van der Waals surface area contributed by atoms with Crippen LogP contribution in [-0.4, -0.2) is 19.9 Å². The SMILES string of the molecule is c1cnc2oc3ccc(-c4ccc5sc6ccc(-c7nccc(-c8ccc9oc%10ncccc%10c9c8)n7)cc6c5c4)cc3c2c1. The zero-order valence-corrected chi connectivity index (χ0v) is 24.4. The van der Waals surface area contributed by atoms with E-state index in [2.05, 4.69) is 75.6 Å². The Bertz CT molecular complexity index is 2790. The molecule has 7 heteroatoms. The van der Waals surface area contributed by atoms with Gasteiger partial charge in [0.15, 0.2) is 5.82 Å². The van der Waals surface area contributed by atoms with Crippen LogP contribution in [0, 0.1) is 0 Å². The molecule has 0 spiro atoms. The third kappa shape index (κ3) is 3.81. The van der Waals surface area contributed by atoms with Crippen LogP contribution in [0.5, 0.6) is 0 Å². The van der Waals surface area contributed by atoms with E-state index in [0.717, 1.165) is 60.7 Å². The highest BCUT2D eigenvalue weighted by molar-refractivity contribution is 7.25. The molecule has 0 unspecified atom stereocenters. The number of hydrogen-bond acceptors (Lipinski definition) is 7. The van der Waals surface area contributed by atoms with Crippen LogP contribution in [0.3, 0.4) is 0 Å². The number of benzene rings is 4. The second-order valence-corrected chi connectivity index (χ2v) is 12.2. The molecule has 0 saturated carbocycles. The second kappa shape index (κ2) is 9.29. The average molecular weight is 597 g/mol. The molecule has 0 atom stereocenters. The highest BCUT2D eigenvalue weighted by Crippen LogP contribution is 2.39. The van der Waals surface area contributed by atoms with E-state index in [4.69, 9.17) is 13.8 Å². The van der Waals surface area contributed by atoms with E-state index in [1.165, 1.54) is 20.2 Å². The topological polar surface area (TPSA) is 77.8 Å². The third-order valence-electron chi connectivity index (χ3n) is 8.51. The molecule has 6 nitrogen and oxygen atoms in total. The first-order chi connectivity index (χ1) is 22.2. The lowest BCUT2D eigenvalue weighted by Gasteiger charge is -2.06. The molecule has 0 aliphatic carbocycles. The van der Waals surface area contributed by atoms with Gasteiger partial charge < -0.3 is 8.83 Å². The Kier molecular flexibility index (Phi) is 5.06. The van der Waals surface area contributed by atoms with Crippen molar-refractivity contribution in [2.75, 3.05) is 0 Å². The van der Waals surface area contributed by atoms with Crippen molar-refractivity contribution in [1.29, 1.82) is 0 Å². The standard InChI is InChI=1S/C38H20N4O2S/c1-3-25-27-17-21(5-9-32(27)43-37(25)40-14-1)22-7-11-34-29(18-22)30-20-24(8-12-35(30)45-34)36-39-16-13-31(42-36)23-6-10-33-28(19-23)26-4-2-15-41-38(26)44-33/h1-20H. The van der Waals surface area contributed by atoms with E-state index in [-0.39, 0.29) is 0 Å². The van der Waals surface area contributed by atoms with Crippen molar-refractivity contribution in [3.05, 3.63) is 122 Å². The highest BCUT2D eigenvalue weighted by Gasteiger charge is 2.14. The van der Waals surface area contributed by atoms with Crippen LogP contribution in [0.15, 0.2) is 131 Å². The molecule has 0 saturated heterocycles. The van der Waals surface area contributed by atoms with Crippen LogP contribution in [0.1, 0.15) is 0 Å². The molecule has 10 aromatic rings. The van der Waals surface area contributed by atoms with Crippen molar-refractivity contribution in [3.8, 4) is 33.8 Å². The lowest BCUT2D eigenvalue weighted by atomic mass is 10.0. The van der Waals surface area contributed by atoms with Gasteiger partial charge in [0, 0.05) is 71.4 Å². The van der Waals surface area contributed by atoms with Crippen molar-refractivity contribution >= 4 is 75.6 Å². The number of fused-ring (bicyclic) bond motifs is 9. The predicted octanol–water partition coefficient (Wildman–Crippen LogP) is 10.4. The Morgan fingerprint density at radius 1 is 0.444 bits per heavy atom. The molecule has 0 bridgehead atoms. The van der Waals surface area contributed by atoms with Gasteiger partial charge >= 0.3 is 0 Å². The van der Waals surface area contributed by atoms with Crippen LogP contribution in [0.4, 0.5) is 0 Å². The van der Waals surface area contributed by atoms with Gasteiger partial charge in [-0.15, -0.1) is 11.3 Å². The van der Waals surface area contributed by atoms with Crippen LogP contribution < -0.4 is 0 Å². The second-order valence-electron chi connectivity index (χ2n) is 11.1. The molecular weight excluding hydrogens is 577 g/mol. The van der Waals surface area contributed by atoms with Crippen molar-refractivity contribution in [3.63, 3.8) is 0 Å². The molecule has 210 valence electrons. The number of pyridine rings is 2. The maximum atomic E-state index is 5.95. The summed E-state index contributed by atoms with van der Waals surface area (Å²) in [5.74, 6) is 0.689. The van der Waals surface area contributed by atoms with E-state index in [9.17, 15) is 0 Å². The smallest absolute Gasteiger partial charge is 0.227 e. The minimum Gasteiger partial charge on any atom is -0.438 e. The number of thiophene rings is 1. The summed E-state index contributed by atoms with van der Waals surface area (Å²) < 4.78 is 14.4. The molecule has 45 heavy (non-hydrogen) atoms. The Morgan fingerprint density at radius 2 is 1.00 bits per heavy atom. The molecule has 0 N–H and O–H groups in total. The Morgan fingerprint density at radius 3 is 1.69 bits per heavy atom. The Hall–Kier alpha value is -5.92. The minimum atomic E-state index is 0.639. The summed E-state index contributed by atoms with van der Waals surface area (Å²) in [5.41, 5.74) is 8.09. The molecule has 6 heterocycles. The number of furan rings is 2. The summed E-state index contributed by atoms with van der Waals surface area (Å²) in [4.78, 5) is 18.4. The summed E-state index contributed by atoms with van der Waals surface area (Å²) in [6.45, 7) is 0. The Labute approximate surface area is 259 Å². The van der Waals surface area contributed by atoms with E-state index in [1.807, 2.05) is 48.7 Å². The molecule has 6 aromatic heterocycles. The van der Waals surface area contributed by atoms with Gasteiger partial charge in [0.25, 0.3) is 0 Å². The highest BCUT2D eigenvalue weighted by atomic mass is 32.1. The average Bonchev–Trinajstić information content (AvgIpc) is 3.78. The van der Waals surface area contributed by atoms with Crippen molar-refractivity contribution in [1.82, 2.24) is 19.9 Å². The summed E-state index contributed by atoms with van der Waals surface area (Å²) in [5, 5.41) is 6.53. The molecule has 0 radical (unpaired) electrons. The molecular formula is C38H20N4O2S. The van der Waals surface area contributed by atoms with Crippen molar-refractivity contribution in [2.45, 2.75) is 0 Å². The van der Waals surface area contributed by atoms with Gasteiger partial charge in [0.05, 0.1) is 5.69 Å². The monoisotopic (exact) mass is 596 g/mol. The molecule has 0 aliphatic rings. The summed E-state index contributed by atoms with van der Waals surface area (Å²) in [6, 6.07) is 35.6. The van der Waals surface area contributed by atoms with Crippen LogP contribution in [-0.2, 0) is 0 Å². The summed E-state index contributed by atoms with van der Waals surface area (Å²) in [6.07, 6.45) is 5.34. The zero-order valence-electron chi connectivity index (χ0n) is 23.6. The molecule has 10 rings (SSSR count). The normalized spacial score (nSPS) is 12.0. The third-order valence-corrected chi connectivity index (χ3v) is 9.66. The van der Waals surface area contributed by atoms with E-state index >= 15 is 0 Å². The molecule has 0 aliphatic heterocycles. The van der Waals surface area contributed by atoms with Gasteiger partial charge in [-0.05, 0) is 102 Å². The predicted molar refractivity (Wildman–Crippen MR) is 181 cm³/mol.